The molecule has 1 fully saturated rings. The Kier molecular flexibility index (Phi) is 5.49. The van der Waals surface area contributed by atoms with Crippen LogP contribution in [0.15, 0.2) is 42.6 Å². The van der Waals surface area contributed by atoms with Crippen molar-refractivity contribution in [3.63, 3.8) is 0 Å². The highest BCUT2D eigenvalue weighted by Gasteiger charge is 2.34. The number of hydrogen-bond donors (Lipinski definition) is 0. The molecule has 150 valence electrons. The van der Waals surface area contributed by atoms with Gasteiger partial charge in [0.15, 0.2) is 0 Å². The van der Waals surface area contributed by atoms with Crippen LogP contribution in [0, 0.1) is 6.92 Å². The number of pyridine rings is 1. The molecule has 3 aromatic rings. The number of benzene rings is 1. The monoisotopic (exact) mass is 409 g/mol. The smallest absolute Gasteiger partial charge is 0.266 e. The molecule has 1 saturated heterocycles. The molecule has 0 aliphatic carbocycles. The molecule has 29 heavy (non-hydrogen) atoms. The van der Waals surface area contributed by atoms with Gasteiger partial charge in [-0.2, -0.15) is 0 Å². The van der Waals surface area contributed by atoms with Gasteiger partial charge in [-0.15, -0.1) is 11.3 Å². The van der Waals surface area contributed by atoms with Gasteiger partial charge in [0.2, 0.25) is 0 Å². The molecule has 0 N–H and O–H groups in total. The minimum atomic E-state index is -0.0487. The third-order valence-electron chi connectivity index (χ3n) is 5.18. The van der Waals surface area contributed by atoms with E-state index in [-0.39, 0.29) is 11.9 Å². The fourth-order valence-corrected chi connectivity index (χ4v) is 4.76. The summed E-state index contributed by atoms with van der Waals surface area (Å²) < 4.78 is 11.0. The second-order valence-corrected chi connectivity index (χ2v) is 7.91. The molecule has 6 nitrogen and oxygen atoms in total. The summed E-state index contributed by atoms with van der Waals surface area (Å²) in [4.78, 5) is 25.0. The van der Waals surface area contributed by atoms with E-state index < -0.39 is 0 Å². The molecule has 1 aliphatic heterocycles. The van der Waals surface area contributed by atoms with E-state index >= 15 is 0 Å². The molecular weight excluding hydrogens is 386 g/mol. The zero-order valence-electron chi connectivity index (χ0n) is 16.7. The summed E-state index contributed by atoms with van der Waals surface area (Å²) in [6.07, 6.45) is 3.57. The maximum absolute atomic E-state index is 13.5. The van der Waals surface area contributed by atoms with Crippen molar-refractivity contribution in [2.75, 3.05) is 20.8 Å². The average molecular weight is 410 g/mol. The van der Waals surface area contributed by atoms with E-state index in [9.17, 15) is 4.79 Å². The highest BCUT2D eigenvalue weighted by Crippen LogP contribution is 2.40. The van der Waals surface area contributed by atoms with Crippen molar-refractivity contribution in [1.82, 2.24) is 14.9 Å². The van der Waals surface area contributed by atoms with Crippen molar-refractivity contribution < 1.29 is 14.3 Å². The fourth-order valence-electron chi connectivity index (χ4n) is 3.76. The number of aryl methyl sites for hydroxylation is 1. The molecule has 0 unspecified atom stereocenters. The molecule has 0 radical (unpaired) electrons. The van der Waals surface area contributed by atoms with E-state index in [4.69, 9.17) is 9.47 Å². The second-order valence-electron chi connectivity index (χ2n) is 6.91. The van der Waals surface area contributed by atoms with Crippen molar-refractivity contribution in [1.29, 1.82) is 0 Å². The van der Waals surface area contributed by atoms with Crippen LogP contribution in [0.4, 0.5) is 0 Å². The Morgan fingerprint density at radius 3 is 2.79 bits per heavy atom. The van der Waals surface area contributed by atoms with Crippen LogP contribution in [0.3, 0.4) is 0 Å². The van der Waals surface area contributed by atoms with E-state index in [1.807, 2.05) is 48.2 Å². The molecule has 0 bridgehead atoms. The van der Waals surface area contributed by atoms with Crippen LogP contribution in [-0.2, 0) is 0 Å². The lowest BCUT2D eigenvalue weighted by Crippen LogP contribution is -2.30. The SMILES string of the molecule is COc1ccc(OC)c([C@@H]2CCCN2C(=O)c2sc(-c3ccccn3)nc2C)c1. The number of nitrogens with zero attached hydrogens (tertiary/aromatic N) is 3. The number of aromatic nitrogens is 2. The lowest BCUT2D eigenvalue weighted by molar-refractivity contribution is 0.0738. The Bertz CT molecular complexity index is 1020. The fraction of sp³-hybridized carbons (Fsp3) is 0.318. The summed E-state index contributed by atoms with van der Waals surface area (Å²) in [5, 5.41) is 0.765. The molecule has 1 amide bonds. The van der Waals surface area contributed by atoms with Crippen LogP contribution in [0.25, 0.3) is 10.7 Å². The predicted molar refractivity (Wildman–Crippen MR) is 113 cm³/mol. The summed E-state index contributed by atoms with van der Waals surface area (Å²) in [5.74, 6) is 1.53. The minimum absolute atomic E-state index is 0.00885. The minimum Gasteiger partial charge on any atom is -0.497 e. The van der Waals surface area contributed by atoms with Gasteiger partial charge in [0.1, 0.15) is 21.4 Å². The van der Waals surface area contributed by atoms with Gasteiger partial charge in [0.05, 0.1) is 31.6 Å². The number of rotatable bonds is 5. The molecule has 4 rings (SSSR count). The standard InChI is InChI=1S/C22H23N3O3S/c1-14-20(29-21(24-14)17-7-4-5-11-23-17)22(26)25-12-6-8-18(25)16-13-15(27-2)9-10-19(16)28-3/h4-5,7,9-11,13,18H,6,8,12H2,1-3H3/t18-/m0/s1. The molecule has 1 aliphatic rings. The van der Waals surface area contributed by atoms with E-state index in [2.05, 4.69) is 9.97 Å². The van der Waals surface area contributed by atoms with Crippen molar-refractivity contribution in [3.05, 3.63) is 58.7 Å². The van der Waals surface area contributed by atoms with Crippen molar-refractivity contribution in [2.45, 2.75) is 25.8 Å². The molecule has 1 atom stereocenters. The Balaban J connectivity index is 1.67. The first-order valence-corrected chi connectivity index (χ1v) is 10.4. The number of carbonyl (C=O) groups is 1. The molecule has 1 aromatic carbocycles. The van der Waals surface area contributed by atoms with Gasteiger partial charge in [-0.05, 0) is 50.1 Å². The number of ether oxygens (including phenoxy) is 2. The van der Waals surface area contributed by atoms with Crippen LogP contribution < -0.4 is 9.47 Å². The maximum Gasteiger partial charge on any atom is 0.266 e. The summed E-state index contributed by atoms with van der Waals surface area (Å²) in [7, 11) is 3.29. The van der Waals surface area contributed by atoms with E-state index in [0.29, 0.717) is 11.4 Å². The van der Waals surface area contributed by atoms with Gasteiger partial charge in [-0.3, -0.25) is 9.78 Å². The number of thiazole rings is 1. The Morgan fingerprint density at radius 2 is 2.07 bits per heavy atom. The van der Waals surface area contributed by atoms with Crippen LogP contribution in [-0.4, -0.2) is 41.5 Å². The molecule has 7 heteroatoms. The lowest BCUT2D eigenvalue weighted by atomic mass is 10.0. The first-order valence-electron chi connectivity index (χ1n) is 9.54. The van der Waals surface area contributed by atoms with Crippen molar-refractivity contribution in [3.8, 4) is 22.2 Å². The van der Waals surface area contributed by atoms with Crippen LogP contribution in [0.5, 0.6) is 11.5 Å². The maximum atomic E-state index is 13.5. The van der Waals surface area contributed by atoms with Gasteiger partial charge < -0.3 is 14.4 Å². The molecule has 0 spiro atoms. The van der Waals surface area contributed by atoms with Gasteiger partial charge in [-0.1, -0.05) is 6.07 Å². The lowest BCUT2D eigenvalue weighted by Gasteiger charge is -2.26. The first-order chi connectivity index (χ1) is 14.1. The van der Waals surface area contributed by atoms with Crippen LogP contribution in [0.2, 0.25) is 0 Å². The number of likely N-dealkylation sites (tertiary alicyclic amines) is 1. The van der Waals surface area contributed by atoms with Crippen molar-refractivity contribution in [2.24, 2.45) is 0 Å². The molecule has 0 saturated carbocycles. The highest BCUT2D eigenvalue weighted by atomic mass is 32.1. The van der Waals surface area contributed by atoms with Gasteiger partial charge in [-0.25, -0.2) is 4.98 Å². The van der Waals surface area contributed by atoms with Gasteiger partial charge in [0.25, 0.3) is 5.91 Å². The predicted octanol–water partition coefficient (Wildman–Crippen LogP) is 4.51. The second kappa shape index (κ2) is 8.21. The van der Waals surface area contributed by atoms with Gasteiger partial charge in [0, 0.05) is 18.3 Å². The molecule has 3 heterocycles. The summed E-state index contributed by atoms with van der Waals surface area (Å²) in [5.41, 5.74) is 2.50. The number of hydrogen-bond acceptors (Lipinski definition) is 6. The zero-order valence-corrected chi connectivity index (χ0v) is 17.5. The van der Waals surface area contributed by atoms with E-state index in [0.717, 1.165) is 46.3 Å². The number of amides is 1. The third-order valence-corrected chi connectivity index (χ3v) is 6.35. The number of carbonyl (C=O) groups excluding carboxylic acids is 1. The first kappa shape index (κ1) is 19.4. The Morgan fingerprint density at radius 1 is 1.21 bits per heavy atom. The Labute approximate surface area is 174 Å². The summed E-state index contributed by atoms with van der Waals surface area (Å²) in [6, 6.07) is 11.4. The van der Waals surface area contributed by atoms with E-state index in [1.54, 1.807) is 20.4 Å². The van der Waals surface area contributed by atoms with Crippen LogP contribution in [0.1, 0.15) is 39.8 Å². The normalized spacial score (nSPS) is 16.1. The summed E-state index contributed by atoms with van der Waals surface area (Å²) >= 11 is 1.40. The largest absolute Gasteiger partial charge is 0.497 e. The topological polar surface area (TPSA) is 64.6 Å². The number of methoxy groups -OCH3 is 2. The zero-order chi connectivity index (χ0) is 20.4. The van der Waals surface area contributed by atoms with E-state index in [1.165, 1.54) is 11.3 Å². The van der Waals surface area contributed by atoms with Gasteiger partial charge >= 0.3 is 0 Å². The summed E-state index contributed by atoms with van der Waals surface area (Å²) in [6.45, 7) is 2.59. The molecule has 2 aromatic heterocycles. The molecular formula is C22H23N3O3S. The Hall–Kier alpha value is -2.93. The highest BCUT2D eigenvalue weighted by molar-refractivity contribution is 7.17. The van der Waals surface area contributed by atoms with Crippen LogP contribution >= 0.6 is 11.3 Å². The van der Waals surface area contributed by atoms with Crippen molar-refractivity contribution >= 4 is 17.2 Å². The third kappa shape index (κ3) is 3.70. The average Bonchev–Trinajstić information content (AvgIpc) is 3.40. The quantitative estimate of drug-likeness (QED) is 0.620.